The van der Waals surface area contributed by atoms with Crippen LogP contribution in [0.3, 0.4) is 0 Å². The number of hydrogen-bond donors (Lipinski definition) is 1. The lowest BCUT2D eigenvalue weighted by Crippen LogP contribution is -2.55. The number of fused-ring (bicyclic) bond motifs is 2. The van der Waals surface area contributed by atoms with Crippen LogP contribution >= 0.6 is 0 Å². The molecule has 3 aliphatic heterocycles. The maximum Gasteiger partial charge on any atom is 0.311 e. The summed E-state index contributed by atoms with van der Waals surface area (Å²) in [7, 11) is 0. The Labute approximate surface area is 191 Å². The zero-order valence-electron chi connectivity index (χ0n) is 19.5. The zero-order chi connectivity index (χ0) is 22.1. The molecular weight excluding hydrogens is 402 g/mol. The molecule has 5 fully saturated rings. The van der Waals surface area contributed by atoms with E-state index in [9.17, 15) is 9.90 Å². The molecule has 1 aromatic rings. The molecule has 0 radical (unpaired) electrons. The first-order valence-electron chi connectivity index (χ1n) is 12.7. The summed E-state index contributed by atoms with van der Waals surface area (Å²) >= 11 is 0. The summed E-state index contributed by atoms with van der Waals surface area (Å²) in [6, 6.07) is 10.3. The van der Waals surface area contributed by atoms with Gasteiger partial charge in [0, 0.05) is 37.4 Å². The Hall–Kier alpha value is -1.43. The van der Waals surface area contributed by atoms with Crippen molar-refractivity contribution in [3.8, 4) is 0 Å². The highest BCUT2D eigenvalue weighted by Crippen LogP contribution is 2.70. The van der Waals surface area contributed by atoms with Gasteiger partial charge in [-0.3, -0.25) is 4.79 Å². The van der Waals surface area contributed by atoms with E-state index in [1.165, 1.54) is 24.8 Å². The number of hydrogen-bond acceptors (Lipinski definition) is 5. The van der Waals surface area contributed by atoms with Gasteiger partial charge in [0.05, 0.1) is 17.6 Å². The van der Waals surface area contributed by atoms with Gasteiger partial charge in [0.1, 0.15) is 11.7 Å². The average molecular weight is 440 g/mol. The Balaban J connectivity index is 1.12. The van der Waals surface area contributed by atoms with Crippen LogP contribution in [0.15, 0.2) is 30.3 Å². The van der Waals surface area contributed by atoms with E-state index < -0.39 is 5.60 Å². The molecule has 1 N–H and O–H groups in total. The van der Waals surface area contributed by atoms with E-state index in [0.717, 1.165) is 38.9 Å². The fraction of sp³-hybridized carbons (Fsp3) is 0.741. The number of nitrogens with zero attached hydrogens (tertiary/aromatic N) is 1. The molecule has 5 aliphatic rings. The third kappa shape index (κ3) is 3.11. The van der Waals surface area contributed by atoms with Crippen LogP contribution in [-0.2, 0) is 20.7 Å². The van der Waals surface area contributed by atoms with E-state index in [0.29, 0.717) is 12.3 Å². The highest BCUT2D eigenvalue weighted by atomic mass is 16.6. The number of piperidine rings is 1. The van der Waals surface area contributed by atoms with Crippen molar-refractivity contribution in [2.24, 2.45) is 23.2 Å². The molecule has 2 saturated carbocycles. The molecule has 6 rings (SSSR count). The quantitative estimate of drug-likeness (QED) is 0.574. The van der Waals surface area contributed by atoms with Gasteiger partial charge in [-0.05, 0) is 43.6 Å². The van der Waals surface area contributed by atoms with E-state index in [1.807, 2.05) is 18.2 Å². The van der Waals surface area contributed by atoms with E-state index in [2.05, 4.69) is 30.9 Å². The highest BCUT2D eigenvalue weighted by molar-refractivity contribution is 5.76. The molecule has 3 heterocycles. The maximum absolute atomic E-state index is 13.0. The van der Waals surface area contributed by atoms with Crippen molar-refractivity contribution in [2.45, 2.75) is 82.2 Å². The predicted octanol–water partition coefficient (Wildman–Crippen LogP) is 3.58. The van der Waals surface area contributed by atoms with E-state index in [4.69, 9.17) is 9.47 Å². The van der Waals surface area contributed by atoms with Crippen LogP contribution in [0.4, 0.5) is 0 Å². The van der Waals surface area contributed by atoms with E-state index >= 15 is 0 Å². The van der Waals surface area contributed by atoms with Crippen molar-refractivity contribution in [1.29, 1.82) is 0 Å². The molecule has 1 spiro atoms. The van der Waals surface area contributed by atoms with Crippen LogP contribution in [0.5, 0.6) is 0 Å². The van der Waals surface area contributed by atoms with Crippen molar-refractivity contribution in [3.05, 3.63) is 35.9 Å². The van der Waals surface area contributed by atoms with Gasteiger partial charge >= 0.3 is 5.97 Å². The second-order valence-corrected chi connectivity index (χ2v) is 11.7. The molecule has 5 nitrogen and oxygen atoms in total. The lowest BCUT2D eigenvalue weighted by Gasteiger charge is -2.49. The van der Waals surface area contributed by atoms with Gasteiger partial charge < -0.3 is 19.5 Å². The molecule has 0 bridgehead atoms. The summed E-state index contributed by atoms with van der Waals surface area (Å²) in [5.74, 6) is 0.641. The lowest BCUT2D eigenvalue weighted by atomic mass is 9.53. The number of carbonyl (C=O) groups excluding carboxylic acids is 1. The van der Waals surface area contributed by atoms with Crippen LogP contribution in [0.2, 0.25) is 0 Å². The molecule has 3 saturated heterocycles. The lowest BCUT2D eigenvalue weighted by molar-refractivity contribution is -0.146. The standard InChI is InChI=1S/C27H37NO4/c1-18-7-6-10-25(2)16-21-22(23-27(18,25)32-23)20(24(29)31-21)17-28-13-11-26(30,12-14-28)15-19-8-4-3-5-9-19/h3-5,8-9,18,20-23,30H,6-7,10-17H2,1-2H3/t18-,20?,21+,22+,23?,25+,27?/m0/s1. The molecule has 174 valence electrons. The Kier molecular flexibility index (Phi) is 4.81. The number of esters is 1. The number of carbonyl (C=O) groups is 1. The Bertz CT molecular complexity index is 881. The van der Waals surface area contributed by atoms with Crippen LogP contribution in [-0.4, -0.2) is 59.0 Å². The summed E-state index contributed by atoms with van der Waals surface area (Å²) < 4.78 is 12.6. The van der Waals surface area contributed by atoms with Crippen molar-refractivity contribution >= 4 is 5.97 Å². The van der Waals surface area contributed by atoms with Crippen molar-refractivity contribution in [1.82, 2.24) is 4.90 Å². The molecule has 32 heavy (non-hydrogen) atoms. The topological polar surface area (TPSA) is 62.3 Å². The van der Waals surface area contributed by atoms with Gasteiger partial charge in [0.15, 0.2) is 0 Å². The summed E-state index contributed by atoms with van der Waals surface area (Å²) in [5.41, 5.74) is 0.653. The minimum atomic E-state index is -0.648. The van der Waals surface area contributed by atoms with Crippen molar-refractivity contribution in [3.63, 3.8) is 0 Å². The normalized spacial score (nSPS) is 44.8. The number of benzene rings is 1. The molecule has 1 aromatic carbocycles. The number of likely N-dealkylation sites (tertiary alicyclic amines) is 1. The second kappa shape index (κ2) is 7.28. The van der Waals surface area contributed by atoms with Gasteiger partial charge in [-0.15, -0.1) is 0 Å². The summed E-state index contributed by atoms with van der Waals surface area (Å²) in [6.45, 7) is 7.12. The first-order valence-corrected chi connectivity index (χ1v) is 12.7. The number of epoxide rings is 1. The summed E-state index contributed by atoms with van der Waals surface area (Å²) in [4.78, 5) is 15.4. The zero-order valence-corrected chi connectivity index (χ0v) is 19.5. The fourth-order valence-corrected chi connectivity index (χ4v) is 8.03. The molecule has 7 atom stereocenters. The van der Waals surface area contributed by atoms with Crippen LogP contribution < -0.4 is 0 Å². The Morgan fingerprint density at radius 2 is 1.91 bits per heavy atom. The number of rotatable bonds is 4. The SMILES string of the molecule is C[C@H]1CCC[C@]2(C)C[C@H]3OC(=O)C(CN4CCC(O)(Cc5ccccc5)CC4)[C@H]3C3OC312. The Morgan fingerprint density at radius 1 is 1.16 bits per heavy atom. The Morgan fingerprint density at radius 3 is 2.66 bits per heavy atom. The predicted molar refractivity (Wildman–Crippen MR) is 121 cm³/mol. The van der Waals surface area contributed by atoms with Crippen LogP contribution in [0.1, 0.15) is 57.9 Å². The number of aliphatic hydroxyl groups is 1. The first kappa shape index (κ1) is 21.1. The van der Waals surface area contributed by atoms with Gasteiger partial charge in [-0.1, -0.05) is 50.6 Å². The van der Waals surface area contributed by atoms with Gasteiger partial charge in [-0.2, -0.15) is 0 Å². The monoisotopic (exact) mass is 439 g/mol. The summed E-state index contributed by atoms with van der Waals surface area (Å²) in [5, 5.41) is 11.1. The molecule has 5 heteroatoms. The maximum atomic E-state index is 13.0. The van der Waals surface area contributed by atoms with Gasteiger partial charge in [0.25, 0.3) is 0 Å². The third-order valence-corrected chi connectivity index (χ3v) is 9.81. The largest absolute Gasteiger partial charge is 0.462 e. The van der Waals surface area contributed by atoms with E-state index in [1.54, 1.807) is 0 Å². The van der Waals surface area contributed by atoms with Crippen molar-refractivity contribution in [2.75, 3.05) is 19.6 Å². The molecular formula is C27H37NO4. The number of ether oxygens (including phenoxy) is 2. The first-order chi connectivity index (χ1) is 15.3. The third-order valence-electron chi connectivity index (χ3n) is 9.81. The smallest absolute Gasteiger partial charge is 0.311 e. The molecule has 2 aliphatic carbocycles. The van der Waals surface area contributed by atoms with Crippen molar-refractivity contribution < 1.29 is 19.4 Å². The molecule has 0 amide bonds. The second-order valence-electron chi connectivity index (χ2n) is 11.7. The fourth-order valence-electron chi connectivity index (χ4n) is 8.03. The highest BCUT2D eigenvalue weighted by Gasteiger charge is 2.78. The van der Waals surface area contributed by atoms with Crippen LogP contribution in [0, 0.1) is 23.2 Å². The summed E-state index contributed by atoms with van der Waals surface area (Å²) in [6.07, 6.45) is 7.02. The minimum absolute atomic E-state index is 0.0169. The van der Waals surface area contributed by atoms with Gasteiger partial charge in [-0.25, -0.2) is 0 Å². The molecule has 3 unspecified atom stereocenters. The minimum Gasteiger partial charge on any atom is -0.462 e. The van der Waals surface area contributed by atoms with E-state index in [-0.39, 0.29) is 41.0 Å². The van der Waals surface area contributed by atoms with Gasteiger partial charge in [0.2, 0.25) is 0 Å². The van der Waals surface area contributed by atoms with Crippen LogP contribution in [0.25, 0.3) is 0 Å². The average Bonchev–Trinajstić information content (AvgIpc) is 3.45. The molecule has 0 aromatic heterocycles.